The average Bonchev–Trinajstić information content (AvgIpc) is 2.77. The summed E-state index contributed by atoms with van der Waals surface area (Å²) in [6.07, 6.45) is 1.48. The maximum absolute atomic E-state index is 10.6. The first-order valence-corrected chi connectivity index (χ1v) is 12.9. The molecule has 39 heavy (non-hydrogen) atoms. The number of allylic oxidation sites excluding steroid dienone is 1. The summed E-state index contributed by atoms with van der Waals surface area (Å²) in [5.74, 6) is 0. The molecule has 0 aromatic carbocycles. The number of hydrogen-bond acceptors (Lipinski definition) is 15. The molecule has 0 radical (unpaired) electrons. The fraction of sp³-hybridized carbons (Fsp3) is 0.722. The molecule has 21 heteroatoms. The Labute approximate surface area is 271 Å². The van der Waals surface area contributed by atoms with Crippen LogP contribution >= 0.6 is 0 Å². The van der Waals surface area contributed by atoms with Crippen molar-refractivity contribution in [2.75, 3.05) is 0 Å². The Morgan fingerprint density at radius 2 is 0.949 bits per heavy atom. The van der Waals surface area contributed by atoms with Gasteiger partial charge in [-0.2, -0.15) is 0 Å². The molecule has 0 fully saturated rings. The van der Waals surface area contributed by atoms with Crippen LogP contribution in [0.3, 0.4) is 0 Å². The van der Waals surface area contributed by atoms with Gasteiger partial charge in [0.1, 0.15) is 50.0 Å². The van der Waals surface area contributed by atoms with Gasteiger partial charge in [-0.25, -0.2) is 16.8 Å². The Morgan fingerprint density at radius 3 is 1.13 bits per heavy atom. The molecule has 0 amide bonds. The molecule has 0 heterocycles. The first-order valence-electron chi connectivity index (χ1n) is 9.95. The van der Waals surface area contributed by atoms with Gasteiger partial charge in [0.15, 0.2) is 0 Å². The van der Waals surface area contributed by atoms with Crippen LogP contribution in [0.2, 0.25) is 0 Å². The van der Waals surface area contributed by atoms with Crippen molar-refractivity contribution < 1.29 is 119 Å². The van der Waals surface area contributed by atoms with E-state index in [2.05, 4.69) is 6.58 Å². The number of rotatable bonds is 17. The Hall–Kier alpha value is -0.710. The summed E-state index contributed by atoms with van der Waals surface area (Å²) in [5, 5.41) is 38.7. The van der Waals surface area contributed by atoms with Crippen molar-refractivity contribution in [3.8, 4) is 0 Å². The molecule has 0 aliphatic rings. The van der Waals surface area contributed by atoms with E-state index in [0.717, 1.165) is 0 Å². The van der Waals surface area contributed by atoms with E-state index in [0.29, 0.717) is 18.9 Å². The number of aliphatic hydroxyl groups excluding tert-OH is 2. The van der Waals surface area contributed by atoms with Crippen molar-refractivity contribution in [1.82, 2.24) is 0 Å². The predicted molar refractivity (Wildman–Crippen MR) is 125 cm³/mol. The fourth-order valence-electron chi connectivity index (χ4n) is 2.19. The molecular formula is C18H32N2Na2O15S2. The summed E-state index contributed by atoms with van der Waals surface area (Å²) < 4.78 is 62.3. The minimum absolute atomic E-state index is 0. The van der Waals surface area contributed by atoms with E-state index in [-0.39, 0.29) is 92.2 Å². The molecule has 218 valence electrons. The van der Waals surface area contributed by atoms with Crippen LogP contribution in [0.15, 0.2) is 12.7 Å². The third-order valence-corrected chi connectivity index (χ3v) is 5.89. The maximum atomic E-state index is 10.6. The van der Waals surface area contributed by atoms with E-state index in [1.165, 1.54) is 6.08 Å². The number of carbonyl (C=O) groups is 3. The monoisotopic (exact) mass is 626 g/mol. The molecule has 17 nitrogen and oxygen atoms in total. The van der Waals surface area contributed by atoms with Crippen LogP contribution in [0.5, 0.6) is 0 Å². The number of nitro groups is 2. The first-order chi connectivity index (χ1) is 16.5. The maximum Gasteiger partial charge on any atom is 1.00 e. The summed E-state index contributed by atoms with van der Waals surface area (Å²) in [6, 6.07) is -2.25. The van der Waals surface area contributed by atoms with Crippen molar-refractivity contribution in [2.24, 2.45) is 0 Å². The fourth-order valence-corrected chi connectivity index (χ4v) is 3.04. The summed E-state index contributed by atoms with van der Waals surface area (Å²) in [6.45, 7) is 3.11. The molecule has 0 saturated heterocycles. The standard InChI is InChI=1S/C7H15NO10S2.C7H11NO4.C3H4O.CH4.2Na/c9-6(19(13,14)15)3-1-5(8(11)12)2-4-7(10)20(16,17)18;9-5-1-3-7(8(11)12)4-2-6-10;1-2-3-4;;;/h5-7,9-10H,1-4H2,(H,13,14,15)(H,16,17,18);5-7H,1-4H2;2-3H,1H2;1H4;;/q;;;;2*+1/p-2. The number of hydrogen-bond donors (Lipinski definition) is 2. The van der Waals surface area contributed by atoms with Crippen LogP contribution in [0.4, 0.5) is 0 Å². The van der Waals surface area contributed by atoms with Crippen LogP contribution in [0.1, 0.15) is 58.8 Å². The largest absolute Gasteiger partial charge is 1.00 e. The molecule has 0 saturated carbocycles. The van der Waals surface area contributed by atoms with Crippen LogP contribution in [0, 0.1) is 20.2 Å². The van der Waals surface area contributed by atoms with Crippen LogP contribution in [-0.4, -0.2) is 87.8 Å². The van der Waals surface area contributed by atoms with E-state index in [4.69, 9.17) is 15.0 Å². The van der Waals surface area contributed by atoms with Gasteiger partial charge in [-0.3, -0.25) is 25.0 Å². The van der Waals surface area contributed by atoms with Gasteiger partial charge in [0.25, 0.3) is 0 Å². The van der Waals surface area contributed by atoms with Crippen LogP contribution in [-0.2, 0) is 34.6 Å². The Morgan fingerprint density at radius 1 is 0.692 bits per heavy atom. The minimum Gasteiger partial charge on any atom is -0.746 e. The van der Waals surface area contributed by atoms with E-state index in [1.807, 2.05) is 0 Å². The van der Waals surface area contributed by atoms with Crippen molar-refractivity contribution in [3.05, 3.63) is 32.9 Å². The SMILES string of the molecule is C.C=CC=O.O=CCCC(CCC=O)[N+](=O)[O-].O=[N+]([O-])C(CCC(O)S(=O)(=O)[O-])CCC(O)S(=O)(=O)[O-].[Na+].[Na+]. The van der Waals surface area contributed by atoms with Gasteiger partial charge < -0.3 is 28.9 Å². The van der Waals surface area contributed by atoms with E-state index >= 15 is 0 Å². The zero-order chi connectivity index (χ0) is 28.9. The van der Waals surface area contributed by atoms with Gasteiger partial charge in [-0.15, -0.1) is 0 Å². The molecule has 0 bridgehead atoms. The molecule has 0 aliphatic carbocycles. The van der Waals surface area contributed by atoms with Gasteiger partial charge in [0.2, 0.25) is 12.1 Å². The quantitative estimate of drug-likeness (QED) is 0.0379. The summed E-state index contributed by atoms with van der Waals surface area (Å²) in [7, 11) is -9.98. The van der Waals surface area contributed by atoms with Crippen LogP contribution in [0.25, 0.3) is 0 Å². The Balaban J connectivity index is -0.000000123. The van der Waals surface area contributed by atoms with E-state index in [1.54, 1.807) is 0 Å². The van der Waals surface area contributed by atoms with Crippen molar-refractivity contribution in [3.63, 3.8) is 0 Å². The second kappa shape index (κ2) is 28.8. The number of aldehydes is 3. The average molecular weight is 627 g/mol. The van der Waals surface area contributed by atoms with E-state index in [9.17, 15) is 55.8 Å². The topological polar surface area (TPSA) is 292 Å². The first kappa shape index (κ1) is 51.1. The minimum atomic E-state index is -4.99. The molecule has 0 aliphatic heterocycles. The summed E-state index contributed by atoms with van der Waals surface area (Å²) in [5.41, 5.74) is -4.61. The number of aliphatic hydroxyl groups is 2. The molecular weight excluding hydrogens is 594 g/mol. The Bertz CT molecular complexity index is 857. The third-order valence-electron chi connectivity index (χ3n) is 4.09. The molecule has 0 aromatic rings. The molecule has 2 atom stereocenters. The van der Waals surface area contributed by atoms with Crippen molar-refractivity contribution in [2.45, 2.75) is 81.7 Å². The zero-order valence-electron chi connectivity index (χ0n) is 20.9. The van der Waals surface area contributed by atoms with Gasteiger partial charge in [0, 0.05) is 48.4 Å². The molecule has 2 N–H and O–H groups in total. The smallest absolute Gasteiger partial charge is 0.746 e. The Kier molecular flexibility index (Phi) is 37.7. The van der Waals surface area contributed by atoms with Gasteiger partial charge in [0.05, 0.1) is 0 Å². The predicted octanol–water partition coefficient (Wildman–Crippen LogP) is -6.48. The van der Waals surface area contributed by atoms with Gasteiger partial charge >= 0.3 is 59.1 Å². The van der Waals surface area contributed by atoms with Crippen LogP contribution < -0.4 is 59.1 Å². The van der Waals surface area contributed by atoms with Gasteiger partial charge in [-0.05, 0) is 18.9 Å². The van der Waals surface area contributed by atoms with Crippen molar-refractivity contribution in [1.29, 1.82) is 0 Å². The van der Waals surface area contributed by atoms with Crippen molar-refractivity contribution >= 4 is 39.1 Å². The second-order valence-electron chi connectivity index (χ2n) is 6.79. The van der Waals surface area contributed by atoms with E-state index < -0.39 is 78.7 Å². The normalized spacial score (nSPS) is 12.4. The second-order valence-corrected chi connectivity index (χ2v) is 9.85. The van der Waals surface area contributed by atoms with Gasteiger partial charge in [-0.1, -0.05) is 14.0 Å². The summed E-state index contributed by atoms with van der Waals surface area (Å²) in [4.78, 5) is 48.5. The molecule has 2 unspecified atom stereocenters. The molecule has 0 aromatic heterocycles. The zero-order valence-corrected chi connectivity index (χ0v) is 26.5. The third kappa shape index (κ3) is 31.7. The number of carbonyl (C=O) groups excluding carboxylic acids is 3. The number of nitrogens with zero attached hydrogens (tertiary/aromatic N) is 2. The molecule has 0 rings (SSSR count). The molecule has 0 spiro atoms. The summed E-state index contributed by atoms with van der Waals surface area (Å²) >= 11 is 0.